The van der Waals surface area contributed by atoms with Crippen LogP contribution in [0, 0.1) is 6.92 Å². The molecule has 28 heavy (non-hydrogen) atoms. The Hall–Kier alpha value is -2.86. The van der Waals surface area contributed by atoms with Crippen molar-refractivity contribution in [1.82, 2.24) is 10.2 Å². The van der Waals surface area contributed by atoms with Gasteiger partial charge in [-0.1, -0.05) is 30.3 Å². The van der Waals surface area contributed by atoms with Gasteiger partial charge in [0.2, 0.25) is 0 Å². The van der Waals surface area contributed by atoms with Crippen LogP contribution in [0.2, 0.25) is 0 Å². The van der Waals surface area contributed by atoms with Crippen molar-refractivity contribution in [3.63, 3.8) is 0 Å². The smallest absolute Gasteiger partial charge is 0.275 e. The van der Waals surface area contributed by atoms with Crippen molar-refractivity contribution in [3.8, 4) is 5.75 Å². The largest absolute Gasteiger partial charge is 0.492 e. The lowest BCUT2D eigenvalue weighted by molar-refractivity contribution is -0.896. The zero-order valence-electron chi connectivity index (χ0n) is 16.3. The van der Waals surface area contributed by atoms with E-state index in [9.17, 15) is 9.59 Å². The van der Waals surface area contributed by atoms with Gasteiger partial charge in [0.05, 0.1) is 32.7 Å². The van der Waals surface area contributed by atoms with Gasteiger partial charge in [0.25, 0.3) is 11.8 Å². The molecule has 2 aromatic carbocycles. The second-order valence-corrected chi connectivity index (χ2v) is 7.10. The first-order valence-electron chi connectivity index (χ1n) is 9.76. The van der Waals surface area contributed by atoms with Crippen molar-refractivity contribution in [2.75, 3.05) is 45.9 Å². The molecule has 2 amide bonds. The highest BCUT2D eigenvalue weighted by molar-refractivity contribution is 5.94. The zero-order chi connectivity index (χ0) is 19.8. The standard InChI is InChI=1S/C22H27N3O3/c1-18-6-5-9-20(16-18)28-15-10-23-21(26)17-24-11-13-25(14-12-24)22(27)19-7-3-2-4-8-19/h2-9,16H,10-15,17H2,1H3,(H,23,26)/p+1. The second kappa shape index (κ2) is 9.90. The molecule has 6 nitrogen and oxygen atoms in total. The van der Waals surface area contributed by atoms with Crippen molar-refractivity contribution in [1.29, 1.82) is 0 Å². The Morgan fingerprint density at radius 3 is 2.54 bits per heavy atom. The molecule has 3 rings (SSSR count). The number of hydrogen-bond acceptors (Lipinski definition) is 3. The number of aryl methyl sites for hydroxylation is 1. The first-order chi connectivity index (χ1) is 13.6. The number of amides is 2. The average Bonchev–Trinajstić information content (AvgIpc) is 2.72. The maximum absolute atomic E-state index is 12.5. The summed E-state index contributed by atoms with van der Waals surface area (Å²) in [5, 5.41) is 2.91. The molecule has 2 N–H and O–H groups in total. The number of hydrogen-bond donors (Lipinski definition) is 2. The molecule has 0 unspecified atom stereocenters. The van der Waals surface area contributed by atoms with E-state index in [1.165, 1.54) is 4.90 Å². The Morgan fingerprint density at radius 1 is 1.07 bits per heavy atom. The predicted octanol–water partition coefficient (Wildman–Crippen LogP) is 0.531. The molecular weight excluding hydrogens is 354 g/mol. The first-order valence-corrected chi connectivity index (χ1v) is 9.76. The van der Waals surface area contributed by atoms with E-state index in [1.54, 1.807) is 0 Å². The third-order valence-corrected chi connectivity index (χ3v) is 4.87. The Kier molecular flexibility index (Phi) is 7.03. The molecule has 1 heterocycles. The van der Waals surface area contributed by atoms with Crippen molar-refractivity contribution in [2.24, 2.45) is 0 Å². The minimum absolute atomic E-state index is 0.0191. The lowest BCUT2D eigenvalue weighted by Gasteiger charge is -2.32. The van der Waals surface area contributed by atoms with E-state index in [2.05, 4.69) is 5.32 Å². The highest BCUT2D eigenvalue weighted by Crippen LogP contribution is 2.11. The molecule has 1 saturated heterocycles. The van der Waals surface area contributed by atoms with Crippen LogP contribution in [0.1, 0.15) is 15.9 Å². The van der Waals surface area contributed by atoms with Crippen LogP contribution in [-0.2, 0) is 4.79 Å². The van der Waals surface area contributed by atoms with Gasteiger partial charge in [0.1, 0.15) is 12.4 Å². The molecule has 2 aromatic rings. The minimum Gasteiger partial charge on any atom is -0.492 e. The van der Waals surface area contributed by atoms with E-state index in [-0.39, 0.29) is 11.8 Å². The Balaban J connectivity index is 1.33. The van der Waals surface area contributed by atoms with Crippen LogP contribution in [0.15, 0.2) is 54.6 Å². The molecule has 1 fully saturated rings. The Bertz CT molecular complexity index is 787. The van der Waals surface area contributed by atoms with E-state index < -0.39 is 0 Å². The maximum atomic E-state index is 12.5. The van der Waals surface area contributed by atoms with Gasteiger partial charge in [-0.2, -0.15) is 0 Å². The van der Waals surface area contributed by atoms with E-state index in [0.717, 1.165) is 30.0 Å². The van der Waals surface area contributed by atoms with Gasteiger partial charge in [0.15, 0.2) is 6.54 Å². The molecule has 0 aromatic heterocycles. The molecule has 6 heteroatoms. The van der Waals surface area contributed by atoms with Gasteiger partial charge in [-0.3, -0.25) is 9.59 Å². The third kappa shape index (κ3) is 5.82. The molecule has 0 aliphatic carbocycles. The molecule has 0 bridgehead atoms. The highest BCUT2D eigenvalue weighted by atomic mass is 16.5. The topological polar surface area (TPSA) is 63.1 Å². The second-order valence-electron chi connectivity index (χ2n) is 7.10. The number of nitrogens with zero attached hydrogens (tertiary/aromatic N) is 1. The summed E-state index contributed by atoms with van der Waals surface area (Å²) in [6, 6.07) is 17.2. The SMILES string of the molecule is Cc1cccc(OCCNC(=O)C[NH+]2CCN(C(=O)c3ccccc3)CC2)c1. The molecule has 148 valence electrons. The summed E-state index contributed by atoms with van der Waals surface area (Å²) in [6.45, 7) is 6.29. The summed E-state index contributed by atoms with van der Waals surface area (Å²) >= 11 is 0. The Labute approximate surface area is 166 Å². The van der Waals surface area contributed by atoms with Crippen molar-refractivity contribution < 1.29 is 19.2 Å². The third-order valence-electron chi connectivity index (χ3n) is 4.87. The fourth-order valence-corrected chi connectivity index (χ4v) is 3.32. The fourth-order valence-electron chi connectivity index (χ4n) is 3.32. The van der Waals surface area contributed by atoms with Crippen LogP contribution >= 0.6 is 0 Å². The quantitative estimate of drug-likeness (QED) is 0.687. The lowest BCUT2D eigenvalue weighted by Crippen LogP contribution is -3.15. The number of ether oxygens (including phenoxy) is 1. The molecule has 1 aliphatic rings. The summed E-state index contributed by atoms with van der Waals surface area (Å²) in [7, 11) is 0. The normalized spacial score (nSPS) is 14.5. The van der Waals surface area contributed by atoms with Crippen LogP contribution < -0.4 is 15.0 Å². The lowest BCUT2D eigenvalue weighted by atomic mass is 10.2. The van der Waals surface area contributed by atoms with E-state index in [4.69, 9.17) is 4.74 Å². The molecule has 0 saturated carbocycles. The van der Waals surface area contributed by atoms with Crippen molar-refractivity contribution in [2.45, 2.75) is 6.92 Å². The number of carbonyl (C=O) groups excluding carboxylic acids is 2. The summed E-state index contributed by atoms with van der Waals surface area (Å²) in [5.41, 5.74) is 1.87. The van der Waals surface area contributed by atoms with Gasteiger partial charge >= 0.3 is 0 Å². The molecule has 0 spiro atoms. The Morgan fingerprint density at radius 2 is 1.82 bits per heavy atom. The van der Waals surface area contributed by atoms with E-state index >= 15 is 0 Å². The number of piperazine rings is 1. The molecule has 0 radical (unpaired) electrons. The monoisotopic (exact) mass is 382 g/mol. The summed E-state index contributed by atoms with van der Waals surface area (Å²) in [4.78, 5) is 27.7. The van der Waals surface area contributed by atoms with Crippen molar-refractivity contribution in [3.05, 3.63) is 65.7 Å². The van der Waals surface area contributed by atoms with Gasteiger partial charge in [-0.25, -0.2) is 0 Å². The van der Waals surface area contributed by atoms with Crippen LogP contribution in [0.4, 0.5) is 0 Å². The van der Waals surface area contributed by atoms with Crippen LogP contribution in [0.3, 0.4) is 0 Å². The van der Waals surface area contributed by atoms with Crippen LogP contribution in [-0.4, -0.2) is 62.6 Å². The summed E-state index contributed by atoms with van der Waals surface area (Å²) in [5.74, 6) is 0.905. The molecule has 0 atom stereocenters. The van der Waals surface area contributed by atoms with E-state index in [0.29, 0.717) is 32.8 Å². The van der Waals surface area contributed by atoms with Gasteiger partial charge in [-0.15, -0.1) is 0 Å². The number of carbonyl (C=O) groups is 2. The maximum Gasteiger partial charge on any atom is 0.275 e. The molecular formula is C22H28N3O3+. The van der Waals surface area contributed by atoms with Gasteiger partial charge in [-0.05, 0) is 36.8 Å². The van der Waals surface area contributed by atoms with Gasteiger partial charge < -0.3 is 19.9 Å². The fraction of sp³-hybridized carbons (Fsp3) is 0.364. The van der Waals surface area contributed by atoms with Gasteiger partial charge in [0, 0.05) is 5.56 Å². The summed E-state index contributed by atoms with van der Waals surface area (Å²) < 4.78 is 5.64. The van der Waals surface area contributed by atoms with Crippen LogP contribution in [0.5, 0.6) is 5.75 Å². The number of rotatable bonds is 7. The minimum atomic E-state index is 0.0191. The van der Waals surface area contributed by atoms with Crippen LogP contribution in [0.25, 0.3) is 0 Å². The first kappa shape index (κ1) is 19.9. The summed E-state index contributed by atoms with van der Waals surface area (Å²) in [6.07, 6.45) is 0. The number of nitrogens with one attached hydrogen (secondary N) is 2. The predicted molar refractivity (Wildman–Crippen MR) is 108 cm³/mol. The average molecular weight is 382 g/mol. The zero-order valence-corrected chi connectivity index (χ0v) is 16.3. The highest BCUT2D eigenvalue weighted by Gasteiger charge is 2.25. The number of quaternary nitrogens is 1. The molecule has 1 aliphatic heterocycles. The van der Waals surface area contributed by atoms with Crippen molar-refractivity contribution >= 4 is 11.8 Å². The van der Waals surface area contributed by atoms with E-state index in [1.807, 2.05) is 66.4 Å². The number of benzene rings is 2.